The van der Waals surface area contributed by atoms with Crippen molar-refractivity contribution in [2.45, 2.75) is 39.7 Å². The summed E-state index contributed by atoms with van der Waals surface area (Å²) >= 11 is 6.03. The number of hydrogen-bond donors (Lipinski definition) is 2. The Morgan fingerprint density at radius 2 is 2.18 bits per heavy atom. The molecule has 0 aliphatic heterocycles. The third kappa shape index (κ3) is 4.65. The summed E-state index contributed by atoms with van der Waals surface area (Å²) in [5.41, 5.74) is 1.71. The first-order valence-corrected chi connectivity index (χ1v) is 6.24. The van der Waals surface area contributed by atoms with Gasteiger partial charge in [-0.25, -0.2) is 4.79 Å². The predicted octanol–water partition coefficient (Wildman–Crippen LogP) is 3.96. The van der Waals surface area contributed by atoms with Gasteiger partial charge in [0.05, 0.1) is 10.7 Å². The minimum atomic E-state index is -0.211. The number of carbonyl (C=O) groups excluding carboxylic acids is 1. The molecule has 1 atom stereocenters. The third-order valence-corrected chi connectivity index (χ3v) is 2.78. The van der Waals surface area contributed by atoms with Gasteiger partial charge in [-0.2, -0.15) is 0 Å². The fourth-order valence-electron chi connectivity index (χ4n) is 1.61. The van der Waals surface area contributed by atoms with Crippen LogP contribution in [0.2, 0.25) is 5.02 Å². The highest BCUT2D eigenvalue weighted by Gasteiger charge is 2.08. The van der Waals surface area contributed by atoms with Gasteiger partial charge in [0.15, 0.2) is 0 Å². The third-order valence-electron chi connectivity index (χ3n) is 2.47. The molecule has 3 nitrogen and oxygen atoms in total. The van der Waals surface area contributed by atoms with Crippen LogP contribution in [-0.4, -0.2) is 12.1 Å². The number of carbonyl (C=O) groups is 1. The smallest absolute Gasteiger partial charge is 0.319 e. The van der Waals surface area contributed by atoms with Crippen LogP contribution in [0.4, 0.5) is 10.5 Å². The second-order valence-corrected chi connectivity index (χ2v) is 4.68. The maximum absolute atomic E-state index is 11.7. The van der Waals surface area contributed by atoms with Crippen molar-refractivity contribution in [3.63, 3.8) is 0 Å². The summed E-state index contributed by atoms with van der Waals surface area (Å²) in [7, 11) is 0. The van der Waals surface area contributed by atoms with Crippen LogP contribution in [-0.2, 0) is 0 Å². The van der Waals surface area contributed by atoms with E-state index in [9.17, 15) is 4.79 Å². The van der Waals surface area contributed by atoms with E-state index in [-0.39, 0.29) is 12.1 Å². The molecule has 1 aromatic carbocycles. The van der Waals surface area contributed by atoms with Gasteiger partial charge < -0.3 is 10.6 Å². The van der Waals surface area contributed by atoms with Crippen LogP contribution in [0, 0.1) is 6.92 Å². The Bertz CT molecular complexity index is 393. The molecule has 0 aliphatic rings. The molecule has 0 saturated heterocycles. The molecule has 1 rings (SSSR count). The Kier molecular flexibility index (Phi) is 5.29. The Morgan fingerprint density at radius 3 is 2.76 bits per heavy atom. The van der Waals surface area contributed by atoms with E-state index in [1.807, 2.05) is 32.0 Å². The molecule has 0 radical (unpaired) electrons. The number of aryl methyl sites for hydroxylation is 1. The Balaban J connectivity index is 2.56. The first-order chi connectivity index (χ1) is 8.02. The highest BCUT2D eigenvalue weighted by atomic mass is 35.5. The molecular weight excluding hydrogens is 236 g/mol. The van der Waals surface area contributed by atoms with Crippen LogP contribution >= 0.6 is 11.6 Å². The highest BCUT2D eigenvalue weighted by molar-refractivity contribution is 6.33. The molecule has 0 heterocycles. The van der Waals surface area contributed by atoms with Gasteiger partial charge in [0.25, 0.3) is 0 Å². The Labute approximate surface area is 108 Å². The second-order valence-electron chi connectivity index (χ2n) is 4.27. The SMILES string of the molecule is CCC[C@H](C)NC(=O)Nc1ccc(C)cc1Cl. The van der Waals surface area contributed by atoms with Crippen LogP contribution in [0.1, 0.15) is 32.3 Å². The van der Waals surface area contributed by atoms with Crippen molar-refractivity contribution >= 4 is 23.3 Å². The standard InChI is InChI=1S/C13H19ClN2O/c1-4-5-10(3)15-13(17)16-12-7-6-9(2)8-11(12)14/h6-8,10H,4-5H2,1-3H3,(H2,15,16,17)/t10-/m0/s1. The van der Waals surface area contributed by atoms with Gasteiger partial charge in [-0.15, -0.1) is 0 Å². The molecule has 94 valence electrons. The van der Waals surface area contributed by atoms with Gasteiger partial charge in [-0.3, -0.25) is 0 Å². The van der Waals surface area contributed by atoms with Crippen LogP contribution in [0.5, 0.6) is 0 Å². The molecule has 4 heteroatoms. The van der Waals surface area contributed by atoms with Gasteiger partial charge in [0.1, 0.15) is 0 Å². The van der Waals surface area contributed by atoms with Crippen molar-refractivity contribution in [1.29, 1.82) is 0 Å². The fraction of sp³-hybridized carbons (Fsp3) is 0.462. The molecule has 0 spiro atoms. The van der Waals surface area contributed by atoms with Crippen molar-refractivity contribution in [3.8, 4) is 0 Å². The Morgan fingerprint density at radius 1 is 1.47 bits per heavy atom. The average Bonchev–Trinajstić information content (AvgIpc) is 2.22. The maximum atomic E-state index is 11.7. The number of benzene rings is 1. The molecule has 0 unspecified atom stereocenters. The molecule has 0 bridgehead atoms. The number of halogens is 1. The summed E-state index contributed by atoms with van der Waals surface area (Å²) in [5, 5.41) is 6.17. The van der Waals surface area contributed by atoms with Crippen molar-refractivity contribution in [1.82, 2.24) is 5.32 Å². The highest BCUT2D eigenvalue weighted by Crippen LogP contribution is 2.22. The van der Waals surface area contributed by atoms with Crippen LogP contribution in [0.25, 0.3) is 0 Å². The number of hydrogen-bond acceptors (Lipinski definition) is 1. The fourth-order valence-corrected chi connectivity index (χ4v) is 1.89. The van der Waals surface area contributed by atoms with Crippen molar-refractivity contribution in [3.05, 3.63) is 28.8 Å². The number of rotatable bonds is 4. The molecule has 1 aromatic rings. The van der Waals surface area contributed by atoms with Crippen LogP contribution in [0.15, 0.2) is 18.2 Å². The minimum Gasteiger partial charge on any atom is -0.335 e. The number of anilines is 1. The number of urea groups is 1. The minimum absolute atomic E-state index is 0.171. The van der Waals surface area contributed by atoms with Gasteiger partial charge in [-0.1, -0.05) is 31.0 Å². The molecule has 2 N–H and O–H groups in total. The largest absolute Gasteiger partial charge is 0.335 e. The number of nitrogens with one attached hydrogen (secondary N) is 2. The summed E-state index contributed by atoms with van der Waals surface area (Å²) < 4.78 is 0. The predicted molar refractivity (Wildman–Crippen MR) is 72.7 cm³/mol. The van der Waals surface area contributed by atoms with E-state index in [0.29, 0.717) is 10.7 Å². The molecule has 17 heavy (non-hydrogen) atoms. The van der Waals surface area contributed by atoms with E-state index >= 15 is 0 Å². The molecule has 0 aliphatic carbocycles. The summed E-state index contributed by atoms with van der Waals surface area (Å²) in [6, 6.07) is 5.51. The van der Waals surface area contributed by atoms with Crippen LogP contribution in [0.3, 0.4) is 0 Å². The second kappa shape index (κ2) is 6.50. The quantitative estimate of drug-likeness (QED) is 0.839. The van der Waals surface area contributed by atoms with Crippen LogP contribution < -0.4 is 10.6 Å². The van der Waals surface area contributed by atoms with Crippen molar-refractivity contribution in [2.75, 3.05) is 5.32 Å². The lowest BCUT2D eigenvalue weighted by atomic mass is 10.2. The zero-order valence-corrected chi connectivity index (χ0v) is 11.3. The first-order valence-electron chi connectivity index (χ1n) is 5.86. The molecule has 2 amide bonds. The lowest BCUT2D eigenvalue weighted by Gasteiger charge is -2.14. The van der Waals surface area contributed by atoms with Crippen molar-refractivity contribution < 1.29 is 4.79 Å². The van der Waals surface area contributed by atoms with Gasteiger partial charge in [-0.05, 0) is 38.0 Å². The maximum Gasteiger partial charge on any atom is 0.319 e. The molecule has 0 aromatic heterocycles. The van der Waals surface area contributed by atoms with Gasteiger partial charge >= 0.3 is 6.03 Å². The van der Waals surface area contributed by atoms with E-state index in [1.54, 1.807) is 0 Å². The van der Waals surface area contributed by atoms with E-state index in [0.717, 1.165) is 18.4 Å². The van der Waals surface area contributed by atoms with E-state index in [1.165, 1.54) is 0 Å². The van der Waals surface area contributed by atoms with E-state index in [2.05, 4.69) is 17.6 Å². The lowest BCUT2D eigenvalue weighted by Crippen LogP contribution is -2.36. The summed E-state index contributed by atoms with van der Waals surface area (Å²) in [4.78, 5) is 11.7. The van der Waals surface area contributed by atoms with Crippen molar-refractivity contribution in [2.24, 2.45) is 0 Å². The van der Waals surface area contributed by atoms with E-state index in [4.69, 9.17) is 11.6 Å². The van der Waals surface area contributed by atoms with Gasteiger partial charge in [0, 0.05) is 6.04 Å². The molecular formula is C13H19ClN2O. The normalized spacial score (nSPS) is 12.0. The number of amides is 2. The zero-order chi connectivity index (χ0) is 12.8. The first kappa shape index (κ1) is 13.8. The topological polar surface area (TPSA) is 41.1 Å². The zero-order valence-electron chi connectivity index (χ0n) is 10.5. The Hall–Kier alpha value is -1.22. The van der Waals surface area contributed by atoms with Gasteiger partial charge in [0.2, 0.25) is 0 Å². The molecule has 0 saturated carbocycles. The molecule has 0 fully saturated rings. The summed E-state index contributed by atoms with van der Waals surface area (Å²) in [6.07, 6.45) is 2.02. The monoisotopic (exact) mass is 254 g/mol. The summed E-state index contributed by atoms with van der Waals surface area (Å²) in [5.74, 6) is 0. The summed E-state index contributed by atoms with van der Waals surface area (Å²) in [6.45, 7) is 6.03. The van der Waals surface area contributed by atoms with E-state index < -0.39 is 0 Å². The lowest BCUT2D eigenvalue weighted by molar-refractivity contribution is 0.248. The average molecular weight is 255 g/mol.